The number of nitrogens with one attached hydrogen (secondary N) is 2. The van der Waals surface area contributed by atoms with Crippen molar-refractivity contribution in [1.29, 1.82) is 5.26 Å². The fourth-order valence-corrected chi connectivity index (χ4v) is 2.74. The Kier molecular flexibility index (Phi) is 7.80. The van der Waals surface area contributed by atoms with E-state index in [1.54, 1.807) is 7.11 Å². The number of methoxy groups -OCH3 is 1. The van der Waals surface area contributed by atoms with Crippen molar-refractivity contribution in [3.8, 4) is 6.07 Å². The average molecular weight is 342 g/mol. The largest absolute Gasteiger partial charge is 0.385 e. The minimum Gasteiger partial charge on any atom is -0.385 e. The summed E-state index contributed by atoms with van der Waals surface area (Å²) >= 11 is 0. The number of nitriles is 1. The van der Waals surface area contributed by atoms with Crippen molar-refractivity contribution in [1.82, 2.24) is 5.32 Å². The summed E-state index contributed by atoms with van der Waals surface area (Å²) in [6.07, 6.45) is 5.96. The zero-order valence-corrected chi connectivity index (χ0v) is 14.8. The van der Waals surface area contributed by atoms with Crippen LogP contribution >= 0.6 is 0 Å². The third-order valence-corrected chi connectivity index (χ3v) is 4.15. The minimum absolute atomic E-state index is 0.0533. The molecular formula is C19H26N4O2. The lowest BCUT2D eigenvalue weighted by Gasteiger charge is -2.28. The van der Waals surface area contributed by atoms with E-state index in [2.05, 4.69) is 27.7 Å². The molecule has 1 saturated heterocycles. The second kappa shape index (κ2) is 10.4. The molecule has 134 valence electrons. The SMILES string of the molecule is COCCCNC(=O)/C(C#N)=C\Nc1ccc(N2CCCCC2)cc1. The summed E-state index contributed by atoms with van der Waals surface area (Å²) in [7, 11) is 1.61. The molecule has 0 radical (unpaired) electrons. The van der Waals surface area contributed by atoms with Crippen LogP contribution in [-0.2, 0) is 9.53 Å². The van der Waals surface area contributed by atoms with Gasteiger partial charge < -0.3 is 20.3 Å². The van der Waals surface area contributed by atoms with Gasteiger partial charge in [0.1, 0.15) is 11.6 Å². The van der Waals surface area contributed by atoms with Crippen molar-refractivity contribution in [2.24, 2.45) is 0 Å². The van der Waals surface area contributed by atoms with Gasteiger partial charge in [0, 0.05) is 50.9 Å². The number of nitrogens with zero attached hydrogens (tertiary/aromatic N) is 2. The normalized spacial score (nSPS) is 14.7. The zero-order valence-electron chi connectivity index (χ0n) is 14.8. The van der Waals surface area contributed by atoms with Gasteiger partial charge in [-0.05, 0) is 49.9 Å². The average Bonchev–Trinajstić information content (AvgIpc) is 2.67. The van der Waals surface area contributed by atoms with Crippen LogP contribution in [0.25, 0.3) is 0 Å². The number of rotatable bonds is 8. The van der Waals surface area contributed by atoms with Crippen molar-refractivity contribution in [2.75, 3.05) is 43.6 Å². The van der Waals surface area contributed by atoms with E-state index < -0.39 is 0 Å². The van der Waals surface area contributed by atoms with Gasteiger partial charge >= 0.3 is 0 Å². The highest BCUT2D eigenvalue weighted by molar-refractivity contribution is 5.97. The Morgan fingerprint density at radius 1 is 1.28 bits per heavy atom. The molecule has 1 aromatic rings. The van der Waals surface area contributed by atoms with Gasteiger partial charge in [0.2, 0.25) is 0 Å². The van der Waals surface area contributed by atoms with E-state index in [1.165, 1.54) is 31.1 Å². The molecule has 0 atom stereocenters. The molecule has 6 heteroatoms. The van der Waals surface area contributed by atoms with Crippen LogP contribution in [0.1, 0.15) is 25.7 Å². The number of anilines is 2. The molecule has 1 aliphatic rings. The van der Waals surface area contributed by atoms with Crippen LogP contribution in [0.15, 0.2) is 36.0 Å². The molecule has 1 fully saturated rings. The molecule has 0 unspecified atom stereocenters. The summed E-state index contributed by atoms with van der Waals surface area (Å²) < 4.78 is 4.92. The maximum Gasteiger partial charge on any atom is 0.263 e. The first-order valence-electron chi connectivity index (χ1n) is 8.73. The number of amides is 1. The third-order valence-electron chi connectivity index (χ3n) is 4.15. The van der Waals surface area contributed by atoms with E-state index in [0.29, 0.717) is 19.6 Å². The van der Waals surface area contributed by atoms with Crippen molar-refractivity contribution >= 4 is 17.3 Å². The van der Waals surface area contributed by atoms with Gasteiger partial charge in [0.25, 0.3) is 5.91 Å². The summed E-state index contributed by atoms with van der Waals surface area (Å²) in [5.74, 6) is -0.379. The van der Waals surface area contributed by atoms with E-state index >= 15 is 0 Å². The summed E-state index contributed by atoms with van der Waals surface area (Å²) in [4.78, 5) is 14.3. The molecule has 0 bridgehead atoms. The van der Waals surface area contributed by atoms with Gasteiger partial charge in [0.05, 0.1) is 0 Å². The highest BCUT2D eigenvalue weighted by Gasteiger charge is 2.11. The number of benzene rings is 1. The van der Waals surface area contributed by atoms with Crippen LogP contribution in [0.2, 0.25) is 0 Å². The highest BCUT2D eigenvalue weighted by Crippen LogP contribution is 2.21. The fraction of sp³-hybridized carbons (Fsp3) is 0.474. The van der Waals surface area contributed by atoms with E-state index in [-0.39, 0.29) is 11.5 Å². The Morgan fingerprint density at radius 3 is 2.64 bits per heavy atom. The highest BCUT2D eigenvalue weighted by atomic mass is 16.5. The maximum absolute atomic E-state index is 11.9. The number of carbonyl (C=O) groups excluding carboxylic acids is 1. The van der Waals surface area contributed by atoms with Crippen LogP contribution in [0.4, 0.5) is 11.4 Å². The lowest BCUT2D eigenvalue weighted by molar-refractivity contribution is -0.117. The van der Waals surface area contributed by atoms with Crippen LogP contribution < -0.4 is 15.5 Å². The molecule has 25 heavy (non-hydrogen) atoms. The predicted molar refractivity (Wildman–Crippen MR) is 99.3 cm³/mol. The van der Waals surface area contributed by atoms with Gasteiger partial charge in [-0.15, -0.1) is 0 Å². The standard InChI is InChI=1S/C19H26N4O2/c1-25-13-5-10-21-19(24)16(14-20)15-22-17-6-8-18(9-7-17)23-11-3-2-4-12-23/h6-9,15,22H,2-5,10-13H2,1H3,(H,21,24)/b16-15-. The molecule has 0 spiro atoms. The van der Waals surface area contributed by atoms with Gasteiger partial charge in [-0.25, -0.2) is 0 Å². The van der Waals surface area contributed by atoms with Crippen molar-refractivity contribution in [3.05, 3.63) is 36.0 Å². The number of hydrogen-bond donors (Lipinski definition) is 2. The first-order valence-corrected chi connectivity index (χ1v) is 8.73. The molecule has 1 aromatic carbocycles. The molecule has 2 N–H and O–H groups in total. The van der Waals surface area contributed by atoms with Crippen LogP contribution in [0.3, 0.4) is 0 Å². The number of hydrogen-bond acceptors (Lipinski definition) is 5. The number of carbonyl (C=O) groups is 1. The first kappa shape index (κ1) is 18.8. The molecule has 0 saturated carbocycles. The Hall–Kier alpha value is -2.52. The summed E-state index contributed by atoms with van der Waals surface area (Å²) in [5.41, 5.74) is 2.11. The van der Waals surface area contributed by atoms with E-state index in [9.17, 15) is 4.79 Å². The predicted octanol–water partition coefficient (Wildman–Crippen LogP) is 2.65. The lowest BCUT2D eigenvalue weighted by Crippen LogP contribution is -2.29. The fourth-order valence-electron chi connectivity index (χ4n) is 2.74. The Morgan fingerprint density at radius 2 is 2.00 bits per heavy atom. The van der Waals surface area contributed by atoms with Crippen molar-refractivity contribution in [3.63, 3.8) is 0 Å². The second-order valence-corrected chi connectivity index (χ2v) is 6.01. The summed E-state index contributed by atoms with van der Waals surface area (Å²) in [6, 6.07) is 9.99. The Balaban J connectivity index is 1.87. The molecule has 1 heterocycles. The maximum atomic E-state index is 11.9. The Bertz CT molecular complexity index is 613. The topological polar surface area (TPSA) is 77.4 Å². The Labute approximate surface area is 149 Å². The first-order chi connectivity index (χ1) is 12.2. The molecular weight excluding hydrogens is 316 g/mol. The molecule has 6 nitrogen and oxygen atoms in total. The quantitative estimate of drug-likeness (QED) is 0.431. The van der Waals surface area contributed by atoms with Crippen molar-refractivity contribution < 1.29 is 9.53 Å². The smallest absolute Gasteiger partial charge is 0.263 e. The summed E-state index contributed by atoms with van der Waals surface area (Å²) in [5, 5.41) is 14.9. The zero-order chi connectivity index (χ0) is 17.9. The van der Waals surface area contributed by atoms with E-state index in [1.807, 2.05) is 18.2 Å². The van der Waals surface area contributed by atoms with Crippen molar-refractivity contribution in [2.45, 2.75) is 25.7 Å². The monoisotopic (exact) mass is 342 g/mol. The lowest BCUT2D eigenvalue weighted by atomic mass is 10.1. The third kappa shape index (κ3) is 6.12. The van der Waals surface area contributed by atoms with Gasteiger partial charge in [-0.1, -0.05) is 0 Å². The minimum atomic E-state index is -0.379. The van der Waals surface area contributed by atoms with Crippen LogP contribution in [-0.4, -0.2) is 39.3 Å². The molecule has 1 aliphatic heterocycles. The summed E-state index contributed by atoms with van der Waals surface area (Å²) in [6.45, 7) is 3.27. The van der Waals surface area contributed by atoms with Gasteiger partial charge in [0.15, 0.2) is 0 Å². The van der Waals surface area contributed by atoms with E-state index in [0.717, 1.165) is 18.8 Å². The molecule has 1 amide bonds. The molecule has 0 aromatic heterocycles. The molecule has 2 rings (SSSR count). The van der Waals surface area contributed by atoms with E-state index in [4.69, 9.17) is 10.00 Å². The second-order valence-electron chi connectivity index (χ2n) is 6.01. The molecule has 0 aliphatic carbocycles. The number of ether oxygens (including phenoxy) is 1. The van der Waals surface area contributed by atoms with Gasteiger partial charge in [-0.3, -0.25) is 4.79 Å². The van der Waals surface area contributed by atoms with Gasteiger partial charge in [-0.2, -0.15) is 5.26 Å². The number of piperidine rings is 1. The van der Waals surface area contributed by atoms with Crippen LogP contribution in [0.5, 0.6) is 0 Å². The van der Waals surface area contributed by atoms with Crippen LogP contribution in [0, 0.1) is 11.3 Å².